The van der Waals surface area contributed by atoms with Gasteiger partial charge in [-0.15, -0.1) is 0 Å². The van der Waals surface area contributed by atoms with Gasteiger partial charge in [0, 0.05) is 19.1 Å². The fourth-order valence-corrected chi connectivity index (χ4v) is 2.60. The number of fused-ring (bicyclic) bond motifs is 1. The molecular formula is C15H24N2. The molecule has 1 atom stereocenters. The number of nitrogens with zero attached hydrogens (tertiary/aromatic N) is 2. The summed E-state index contributed by atoms with van der Waals surface area (Å²) in [6.07, 6.45) is 3.77. The van der Waals surface area contributed by atoms with Crippen LogP contribution < -0.4 is 0 Å². The molecule has 94 valence electrons. The molecule has 1 aromatic rings. The molecule has 0 aliphatic heterocycles. The summed E-state index contributed by atoms with van der Waals surface area (Å²) in [6, 6.07) is 9.63. The predicted molar refractivity (Wildman–Crippen MR) is 73.4 cm³/mol. The minimum Gasteiger partial charge on any atom is -0.308 e. The fraction of sp³-hybridized carbons (Fsp3) is 0.600. The summed E-state index contributed by atoms with van der Waals surface area (Å²) in [7, 11) is 6.55. The van der Waals surface area contributed by atoms with Crippen molar-refractivity contribution in [3.05, 3.63) is 35.4 Å². The summed E-state index contributed by atoms with van der Waals surface area (Å²) < 4.78 is 0. The smallest absolute Gasteiger partial charge is 0.0136 e. The molecule has 2 rings (SSSR count). The molecule has 1 aliphatic carbocycles. The lowest BCUT2D eigenvalue weighted by molar-refractivity contribution is 0.201. The summed E-state index contributed by atoms with van der Waals surface area (Å²) in [4.78, 5) is 4.78. The van der Waals surface area contributed by atoms with Gasteiger partial charge >= 0.3 is 0 Å². The highest BCUT2D eigenvalue weighted by molar-refractivity contribution is 5.30. The Hall–Kier alpha value is -0.860. The molecule has 0 amide bonds. The van der Waals surface area contributed by atoms with Crippen LogP contribution in [0.25, 0.3) is 0 Å². The molecule has 2 heteroatoms. The summed E-state index contributed by atoms with van der Waals surface area (Å²) in [6.45, 7) is 2.31. The van der Waals surface area contributed by atoms with Gasteiger partial charge in [-0.25, -0.2) is 0 Å². The Morgan fingerprint density at radius 1 is 1.06 bits per heavy atom. The van der Waals surface area contributed by atoms with Gasteiger partial charge in [-0.3, -0.25) is 0 Å². The lowest BCUT2D eigenvalue weighted by Gasteiger charge is -2.33. The monoisotopic (exact) mass is 232 g/mol. The topological polar surface area (TPSA) is 6.48 Å². The largest absolute Gasteiger partial charge is 0.308 e. The van der Waals surface area contributed by atoms with Crippen LogP contribution in [0.2, 0.25) is 0 Å². The highest BCUT2D eigenvalue weighted by Crippen LogP contribution is 2.23. The van der Waals surface area contributed by atoms with Crippen molar-refractivity contribution in [2.45, 2.75) is 25.3 Å². The number of aryl methyl sites for hydroxylation is 1. The standard InChI is InChI=1S/C15H24N2/c1-16(2)10-11-17(3)15-9-8-13-6-4-5-7-14(13)12-15/h4-7,15H,8-12H2,1-3H3/t15-/m0/s1. The zero-order valence-corrected chi connectivity index (χ0v) is 11.3. The van der Waals surface area contributed by atoms with E-state index in [0.717, 1.165) is 12.6 Å². The van der Waals surface area contributed by atoms with E-state index in [1.807, 2.05) is 0 Å². The third-order valence-corrected chi connectivity index (χ3v) is 3.84. The van der Waals surface area contributed by atoms with E-state index in [4.69, 9.17) is 0 Å². The molecule has 0 radical (unpaired) electrons. The van der Waals surface area contributed by atoms with Crippen molar-refractivity contribution in [2.75, 3.05) is 34.2 Å². The van der Waals surface area contributed by atoms with Gasteiger partial charge in [0.15, 0.2) is 0 Å². The number of hydrogen-bond donors (Lipinski definition) is 0. The van der Waals surface area contributed by atoms with E-state index in [-0.39, 0.29) is 0 Å². The second-order valence-corrected chi connectivity index (χ2v) is 5.45. The first-order chi connectivity index (χ1) is 8.16. The molecule has 1 aliphatic rings. The molecule has 0 saturated carbocycles. The van der Waals surface area contributed by atoms with E-state index < -0.39 is 0 Å². The first-order valence-corrected chi connectivity index (χ1v) is 6.58. The number of hydrogen-bond acceptors (Lipinski definition) is 2. The van der Waals surface area contributed by atoms with E-state index in [1.54, 1.807) is 11.1 Å². The Morgan fingerprint density at radius 3 is 2.47 bits per heavy atom. The van der Waals surface area contributed by atoms with Crippen LogP contribution in [0.15, 0.2) is 24.3 Å². The zero-order chi connectivity index (χ0) is 12.3. The van der Waals surface area contributed by atoms with Crippen LogP contribution in [-0.4, -0.2) is 50.1 Å². The Kier molecular flexibility index (Phi) is 4.19. The highest BCUT2D eigenvalue weighted by atomic mass is 15.2. The number of rotatable bonds is 4. The van der Waals surface area contributed by atoms with Crippen LogP contribution in [-0.2, 0) is 12.8 Å². The molecule has 0 aromatic heterocycles. The van der Waals surface area contributed by atoms with Crippen LogP contribution in [0.1, 0.15) is 17.5 Å². The third-order valence-electron chi connectivity index (χ3n) is 3.84. The molecule has 1 aromatic carbocycles. The normalized spacial score (nSPS) is 19.7. The van der Waals surface area contributed by atoms with Crippen LogP contribution in [0.4, 0.5) is 0 Å². The number of likely N-dealkylation sites (N-methyl/N-ethyl adjacent to an activating group) is 2. The van der Waals surface area contributed by atoms with E-state index in [1.165, 1.54) is 25.8 Å². The molecule has 0 fully saturated rings. The van der Waals surface area contributed by atoms with E-state index in [9.17, 15) is 0 Å². The van der Waals surface area contributed by atoms with Crippen molar-refractivity contribution < 1.29 is 0 Å². The maximum absolute atomic E-state index is 2.52. The average Bonchev–Trinajstić information content (AvgIpc) is 2.35. The highest BCUT2D eigenvalue weighted by Gasteiger charge is 2.21. The quantitative estimate of drug-likeness (QED) is 0.784. The van der Waals surface area contributed by atoms with Crippen molar-refractivity contribution in [2.24, 2.45) is 0 Å². The predicted octanol–water partition coefficient (Wildman–Crippen LogP) is 2.04. The lowest BCUT2D eigenvalue weighted by Crippen LogP contribution is -2.40. The first-order valence-electron chi connectivity index (χ1n) is 6.58. The van der Waals surface area contributed by atoms with Crippen LogP contribution in [0, 0.1) is 0 Å². The summed E-state index contributed by atoms with van der Waals surface area (Å²) >= 11 is 0. The molecule has 0 N–H and O–H groups in total. The van der Waals surface area contributed by atoms with Gasteiger partial charge in [-0.2, -0.15) is 0 Å². The second-order valence-electron chi connectivity index (χ2n) is 5.45. The minimum absolute atomic E-state index is 0.727. The summed E-state index contributed by atoms with van der Waals surface area (Å²) in [5.41, 5.74) is 3.12. The lowest BCUT2D eigenvalue weighted by atomic mass is 9.88. The average molecular weight is 232 g/mol. The van der Waals surface area contributed by atoms with E-state index in [0.29, 0.717) is 0 Å². The zero-order valence-electron chi connectivity index (χ0n) is 11.3. The van der Waals surface area contributed by atoms with Crippen LogP contribution in [0.3, 0.4) is 0 Å². The van der Waals surface area contributed by atoms with Gasteiger partial charge < -0.3 is 9.80 Å². The molecule has 0 spiro atoms. The van der Waals surface area contributed by atoms with Crippen molar-refractivity contribution >= 4 is 0 Å². The van der Waals surface area contributed by atoms with Gasteiger partial charge in [0.25, 0.3) is 0 Å². The molecule has 0 heterocycles. The second kappa shape index (κ2) is 5.65. The summed E-state index contributed by atoms with van der Waals surface area (Å²) in [5.74, 6) is 0. The molecular weight excluding hydrogens is 208 g/mol. The van der Waals surface area contributed by atoms with Gasteiger partial charge in [0.1, 0.15) is 0 Å². The Morgan fingerprint density at radius 2 is 1.76 bits per heavy atom. The van der Waals surface area contributed by atoms with Crippen molar-refractivity contribution in [3.8, 4) is 0 Å². The van der Waals surface area contributed by atoms with Gasteiger partial charge in [-0.1, -0.05) is 24.3 Å². The van der Waals surface area contributed by atoms with Crippen molar-refractivity contribution in [1.82, 2.24) is 9.80 Å². The minimum atomic E-state index is 0.727. The first kappa shape index (κ1) is 12.6. The Bertz CT molecular complexity index is 360. The maximum atomic E-state index is 2.52. The fourth-order valence-electron chi connectivity index (χ4n) is 2.60. The van der Waals surface area contributed by atoms with Gasteiger partial charge in [0.05, 0.1) is 0 Å². The maximum Gasteiger partial charge on any atom is 0.0136 e. The molecule has 0 unspecified atom stereocenters. The molecule has 17 heavy (non-hydrogen) atoms. The Balaban J connectivity index is 1.93. The molecule has 0 saturated heterocycles. The van der Waals surface area contributed by atoms with Crippen molar-refractivity contribution in [3.63, 3.8) is 0 Å². The van der Waals surface area contributed by atoms with E-state index >= 15 is 0 Å². The SMILES string of the molecule is CN(C)CCN(C)[C@H]1CCc2ccccc2C1. The summed E-state index contributed by atoms with van der Waals surface area (Å²) in [5, 5.41) is 0. The Labute approximate surface area is 105 Å². The third kappa shape index (κ3) is 3.30. The van der Waals surface area contributed by atoms with E-state index in [2.05, 4.69) is 55.2 Å². The van der Waals surface area contributed by atoms with Crippen molar-refractivity contribution in [1.29, 1.82) is 0 Å². The van der Waals surface area contributed by atoms with Crippen LogP contribution >= 0.6 is 0 Å². The van der Waals surface area contributed by atoms with Crippen LogP contribution in [0.5, 0.6) is 0 Å². The van der Waals surface area contributed by atoms with Gasteiger partial charge in [-0.05, 0) is 51.5 Å². The number of benzene rings is 1. The van der Waals surface area contributed by atoms with Gasteiger partial charge in [0.2, 0.25) is 0 Å². The molecule has 2 nitrogen and oxygen atoms in total. The molecule has 0 bridgehead atoms.